The molecule has 6 rings (SSSR count). The van der Waals surface area contributed by atoms with E-state index >= 15 is 0 Å². The SMILES string of the molecule is COc1ccc2c(c1)-c1nn(CC3CCOC3)cc1C/C(=C\c1nc(C3CC3)no1)N2C=N. The van der Waals surface area contributed by atoms with Gasteiger partial charge in [0.05, 0.1) is 31.4 Å². The smallest absolute Gasteiger partial charge is 0.252 e. The summed E-state index contributed by atoms with van der Waals surface area (Å²) in [5, 5.41) is 17.3. The molecule has 3 aromatic rings. The highest BCUT2D eigenvalue weighted by molar-refractivity contribution is 5.94. The summed E-state index contributed by atoms with van der Waals surface area (Å²) >= 11 is 0. The maximum absolute atomic E-state index is 8.18. The maximum atomic E-state index is 8.18. The lowest BCUT2D eigenvalue weighted by molar-refractivity contribution is 0.181. The van der Waals surface area contributed by atoms with Crippen molar-refractivity contribution in [3.63, 3.8) is 0 Å². The van der Waals surface area contributed by atoms with Gasteiger partial charge in [-0.1, -0.05) is 5.16 Å². The van der Waals surface area contributed by atoms with Crippen molar-refractivity contribution in [2.45, 2.75) is 38.1 Å². The Labute approximate surface area is 191 Å². The molecule has 1 aliphatic carbocycles. The monoisotopic (exact) mass is 446 g/mol. The lowest BCUT2D eigenvalue weighted by Gasteiger charge is -2.22. The first kappa shape index (κ1) is 20.2. The zero-order chi connectivity index (χ0) is 22.4. The molecule has 0 spiro atoms. The fourth-order valence-electron chi connectivity index (χ4n) is 4.61. The molecule has 2 aliphatic heterocycles. The Kier molecular flexibility index (Phi) is 4.98. The number of hydrogen-bond donors (Lipinski definition) is 1. The average molecular weight is 447 g/mol. The molecule has 1 N–H and O–H groups in total. The second kappa shape index (κ2) is 8.15. The number of aromatic nitrogens is 4. The summed E-state index contributed by atoms with van der Waals surface area (Å²) < 4.78 is 18.6. The molecule has 0 radical (unpaired) electrons. The Morgan fingerprint density at radius 1 is 1.27 bits per heavy atom. The van der Waals surface area contributed by atoms with Gasteiger partial charge in [-0.05, 0) is 37.5 Å². The molecule has 0 amide bonds. The number of allylic oxidation sites excluding steroid dienone is 1. The summed E-state index contributed by atoms with van der Waals surface area (Å²) in [5.74, 6) is 2.89. The van der Waals surface area contributed by atoms with E-state index in [0.29, 0.717) is 24.1 Å². The first-order chi connectivity index (χ1) is 16.2. The topological polar surface area (TPSA) is 102 Å². The van der Waals surface area contributed by atoms with Crippen molar-refractivity contribution >= 4 is 18.1 Å². The summed E-state index contributed by atoms with van der Waals surface area (Å²) in [6.07, 6.45) is 9.20. The minimum atomic E-state index is 0.423. The van der Waals surface area contributed by atoms with Crippen LogP contribution in [0.3, 0.4) is 0 Å². The van der Waals surface area contributed by atoms with Crippen molar-refractivity contribution in [3.8, 4) is 17.0 Å². The molecule has 1 atom stereocenters. The van der Waals surface area contributed by atoms with Gasteiger partial charge in [0.2, 0.25) is 0 Å². The second-order valence-corrected chi connectivity index (χ2v) is 8.91. The molecule has 2 aromatic heterocycles. The number of anilines is 1. The fraction of sp³-hybridized carbons (Fsp3) is 0.417. The van der Waals surface area contributed by atoms with E-state index < -0.39 is 0 Å². The molecule has 0 bridgehead atoms. The Hall–Kier alpha value is -3.46. The molecule has 4 heterocycles. The van der Waals surface area contributed by atoms with E-state index in [4.69, 9.17) is 24.5 Å². The van der Waals surface area contributed by atoms with Crippen molar-refractivity contribution in [3.05, 3.63) is 47.4 Å². The summed E-state index contributed by atoms with van der Waals surface area (Å²) in [6, 6.07) is 5.86. The van der Waals surface area contributed by atoms with E-state index in [9.17, 15) is 0 Å². The predicted octanol–water partition coefficient (Wildman–Crippen LogP) is 3.87. The van der Waals surface area contributed by atoms with Crippen LogP contribution in [-0.2, 0) is 17.7 Å². The van der Waals surface area contributed by atoms with Crippen LogP contribution in [0, 0.1) is 11.3 Å². The van der Waals surface area contributed by atoms with Gasteiger partial charge < -0.3 is 18.9 Å². The average Bonchev–Trinajstić information content (AvgIpc) is 3.19. The van der Waals surface area contributed by atoms with Crippen LogP contribution in [0.2, 0.25) is 0 Å². The van der Waals surface area contributed by atoms with Gasteiger partial charge in [0.25, 0.3) is 5.89 Å². The number of fused-ring (bicyclic) bond motifs is 3. The van der Waals surface area contributed by atoms with Crippen LogP contribution >= 0.6 is 0 Å². The number of rotatable bonds is 6. The molecule has 9 heteroatoms. The van der Waals surface area contributed by atoms with Crippen molar-refractivity contribution in [1.82, 2.24) is 19.9 Å². The lowest BCUT2D eigenvalue weighted by atomic mass is 10.1. The molecule has 1 saturated heterocycles. The molecular weight excluding hydrogens is 420 g/mol. The van der Waals surface area contributed by atoms with Gasteiger partial charge >= 0.3 is 0 Å². The van der Waals surface area contributed by atoms with Crippen molar-refractivity contribution in [2.75, 3.05) is 25.2 Å². The number of benzene rings is 1. The number of nitrogens with one attached hydrogen (secondary N) is 1. The Morgan fingerprint density at radius 2 is 2.18 bits per heavy atom. The van der Waals surface area contributed by atoms with Crippen LogP contribution in [0.25, 0.3) is 17.3 Å². The Balaban J connectivity index is 1.44. The van der Waals surface area contributed by atoms with E-state index in [-0.39, 0.29) is 0 Å². The maximum Gasteiger partial charge on any atom is 0.252 e. The first-order valence-electron chi connectivity index (χ1n) is 11.4. The van der Waals surface area contributed by atoms with Crippen LogP contribution in [0.5, 0.6) is 5.75 Å². The van der Waals surface area contributed by atoms with Crippen molar-refractivity contribution in [1.29, 1.82) is 5.41 Å². The first-order valence-corrected chi connectivity index (χ1v) is 11.4. The van der Waals surface area contributed by atoms with Crippen molar-refractivity contribution in [2.24, 2.45) is 5.92 Å². The molecule has 33 heavy (non-hydrogen) atoms. The number of nitrogens with zero attached hydrogens (tertiary/aromatic N) is 5. The van der Waals surface area contributed by atoms with Gasteiger partial charge in [-0.2, -0.15) is 10.1 Å². The molecule has 3 aliphatic rings. The molecule has 9 nitrogen and oxygen atoms in total. The summed E-state index contributed by atoms with van der Waals surface area (Å²) in [6.45, 7) is 2.43. The van der Waals surface area contributed by atoms with Crippen LogP contribution in [0.15, 0.2) is 34.6 Å². The van der Waals surface area contributed by atoms with Gasteiger partial charge in [0, 0.05) is 60.5 Å². The third-order valence-corrected chi connectivity index (χ3v) is 6.53. The summed E-state index contributed by atoms with van der Waals surface area (Å²) in [4.78, 5) is 6.42. The van der Waals surface area contributed by atoms with Gasteiger partial charge in [0.1, 0.15) is 5.75 Å². The van der Waals surface area contributed by atoms with Gasteiger partial charge in [-0.15, -0.1) is 0 Å². The Morgan fingerprint density at radius 3 is 2.94 bits per heavy atom. The minimum Gasteiger partial charge on any atom is -0.497 e. The van der Waals surface area contributed by atoms with Crippen LogP contribution < -0.4 is 9.64 Å². The third-order valence-electron chi connectivity index (χ3n) is 6.53. The summed E-state index contributed by atoms with van der Waals surface area (Å²) in [7, 11) is 1.66. The fourth-order valence-corrected chi connectivity index (χ4v) is 4.61. The largest absolute Gasteiger partial charge is 0.497 e. The zero-order valence-corrected chi connectivity index (χ0v) is 18.5. The summed E-state index contributed by atoms with van der Waals surface area (Å²) in [5.41, 5.74) is 4.67. The second-order valence-electron chi connectivity index (χ2n) is 8.91. The molecular formula is C24H26N6O3. The molecule has 1 saturated carbocycles. The highest BCUT2D eigenvalue weighted by Gasteiger charge is 2.30. The number of hydrogen-bond acceptors (Lipinski definition) is 7. The number of methoxy groups -OCH3 is 1. The normalized spacial score (nSPS) is 21.1. The molecule has 2 fully saturated rings. The van der Waals surface area contributed by atoms with Gasteiger partial charge in [0.15, 0.2) is 5.82 Å². The highest BCUT2D eigenvalue weighted by Crippen LogP contribution is 2.41. The van der Waals surface area contributed by atoms with E-state index in [0.717, 1.165) is 78.8 Å². The van der Waals surface area contributed by atoms with E-state index in [2.05, 4.69) is 16.3 Å². The molecule has 170 valence electrons. The van der Waals surface area contributed by atoms with Gasteiger partial charge in [-0.3, -0.25) is 10.1 Å². The van der Waals surface area contributed by atoms with E-state index in [1.165, 1.54) is 6.34 Å². The Bertz CT molecular complexity index is 1220. The van der Waals surface area contributed by atoms with Crippen LogP contribution in [0.1, 0.15) is 42.5 Å². The highest BCUT2D eigenvalue weighted by atomic mass is 16.5. The van der Waals surface area contributed by atoms with E-state index in [1.54, 1.807) is 7.11 Å². The van der Waals surface area contributed by atoms with Gasteiger partial charge in [-0.25, -0.2) is 0 Å². The zero-order valence-electron chi connectivity index (χ0n) is 18.5. The molecule has 1 aromatic carbocycles. The number of ether oxygens (including phenoxy) is 2. The van der Waals surface area contributed by atoms with Crippen LogP contribution in [-0.4, -0.2) is 46.6 Å². The van der Waals surface area contributed by atoms with Crippen LogP contribution in [0.4, 0.5) is 5.69 Å². The molecule has 1 unspecified atom stereocenters. The van der Waals surface area contributed by atoms with E-state index in [1.807, 2.05) is 33.9 Å². The minimum absolute atomic E-state index is 0.423. The third kappa shape index (κ3) is 3.82. The lowest BCUT2D eigenvalue weighted by Crippen LogP contribution is -2.21. The quantitative estimate of drug-likeness (QED) is 0.453. The predicted molar refractivity (Wildman–Crippen MR) is 122 cm³/mol. The van der Waals surface area contributed by atoms with Crippen molar-refractivity contribution < 1.29 is 14.0 Å². The standard InChI is InChI=1S/C24H26N6O3/c1-31-19-4-5-21-20(10-19)23-17(12-29(27-23)11-15-6-7-32-13-15)8-18(30(21)14-25)9-22-26-24(28-33-22)16-2-3-16/h4-5,9-10,12,14-16,25H,2-3,6-8,11,13H2,1H3/b18-9+,25-14?.